The molecule has 1 fully saturated rings. The number of amides is 2. The van der Waals surface area contributed by atoms with Crippen LogP contribution in [0.3, 0.4) is 0 Å². The molecule has 47 heavy (non-hydrogen) atoms. The smallest absolute Gasteiger partial charge is 0.335 e. The molecule has 0 bridgehead atoms. The maximum absolute atomic E-state index is 14.4. The molecule has 10 nitrogen and oxygen atoms in total. The maximum Gasteiger partial charge on any atom is 0.335 e. The zero-order valence-corrected chi connectivity index (χ0v) is 28.5. The molecule has 1 saturated carbocycles. The minimum atomic E-state index is -0.952. The minimum absolute atomic E-state index is 0.0107. The van der Waals surface area contributed by atoms with Gasteiger partial charge in [0.05, 0.1) is 36.0 Å². The van der Waals surface area contributed by atoms with Gasteiger partial charge >= 0.3 is 5.97 Å². The third-order valence-corrected chi connectivity index (χ3v) is 9.44. The molecule has 2 aromatic rings. The number of likely N-dealkylation sites (N-methyl/N-ethyl adjacent to an activating group) is 1. The summed E-state index contributed by atoms with van der Waals surface area (Å²) in [4.78, 5) is 42.6. The van der Waals surface area contributed by atoms with Crippen LogP contribution in [0.1, 0.15) is 98.4 Å². The van der Waals surface area contributed by atoms with Crippen LogP contribution in [0.25, 0.3) is 0 Å². The SMILES string of the molecule is C[C@@H]1CCCCO[C@H](CN(C)Cc2ccc(C(=O)O)cc2)[C@@H](C)CN([C@H](C)CO)C(=O)c2cc(NC(=O)C3CCCCC3)ccc2O1. The summed E-state index contributed by atoms with van der Waals surface area (Å²) < 4.78 is 12.8. The topological polar surface area (TPSA) is 129 Å². The number of hydrogen-bond acceptors (Lipinski definition) is 7. The largest absolute Gasteiger partial charge is 0.490 e. The molecule has 4 atom stereocenters. The summed E-state index contributed by atoms with van der Waals surface area (Å²) in [6.45, 7) is 7.82. The summed E-state index contributed by atoms with van der Waals surface area (Å²) >= 11 is 0. The van der Waals surface area contributed by atoms with Gasteiger partial charge in [-0.3, -0.25) is 14.5 Å². The van der Waals surface area contributed by atoms with E-state index in [4.69, 9.17) is 9.47 Å². The van der Waals surface area contributed by atoms with Crippen molar-refractivity contribution >= 4 is 23.5 Å². The van der Waals surface area contributed by atoms with Gasteiger partial charge in [0, 0.05) is 43.8 Å². The number of carboxylic acid groups (broad SMARTS) is 1. The number of hydrogen-bond donors (Lipinski definition) is 3. The Balaban J connectivity index is 1.57. The lowest BCUT2D eigenvalue weighted by Gasteiger charge is -2.36. The van der Waals surface area contributed by atoms with E-state index in [1.807, 2.05) is 33.0 Å². The van der Waals surface area contributed by atoms with E-state index >= 15 is 0 Å². The Labute approximate surface area is 279 Å². The van der Waals surface area contributed by atoms with Crippen molar-refractivity contribution in [1.82, 2.24) is 9.80 Å². The lowest BCUT2D eigenvalue weighted by molar-refractivity contribution is -0.120. The van der Waals surface area contributed by atoms with Crippen molar-refractivity contribution in [3.05, 3.63) is 59.2 Å². The van der Waals surface area contributed by atoms with Gasteiger partial charge in [-0.05, 0) is 88.9 Å². The third-order valence-electron chi connectivity index (χ3n) is 9.44. The summed E-state index contributed by atoms with van der Waals surface area (Å²) in [6.07, 6.45) is 7.26. The number of carbonyl (C=O) groups is 3. The molecule has 2 amide bonds. The molecule has 0 radical (unpaired) electrons. The van der Waals surface area contributed by atoms with E-state index in [-0.39, 0.29) is 48.0 Å². The van der Waals surface area contributed by atoms with Gasteiger partial charge in [-0.15, -0.1) is 0 Å². The standard InChI is InChI=1S/C37H53N3O7/c1-25-21-40(26(2)24-41)36(43)32-20-31(38-35(42)29-11-6-5-7-12-29)17-18-33(32)47-27(3)10-8-9-19-46-34(25)23-39(4)22-28-13-15-30(16-14-28)37(44)45/h13-18,20,25-27,29,34,41H,5-12,19,21-24H2,1-4H3,(H,38,42)(H,44,45)/t25-,26+,27+,34+/m0/s1. The second-order valence-electron chi connectivity index (χ2n) is 13.5. The summed E-state index contributed by atoms with van der Waals surface area (Å²) in [6, 6.07) is 11.7. The van der Waals surface area contributed by atoms with Crippen molar-refractivity contribution in [3.63, 3.8) is 0 Å². The van der Waals surface area contributed by atoms with Crippen molar-refractivity contribution in [3.8, 4) is 5.75 Å². The monoisotopic (exact) mass is 651 g/mol. The second kappa shape index (κ2) is 17.6. The fourth-order valence-corrected chi connectivity index (χ4v) is 6.51. The molecule has 0 saturated heterocycles. The zero-order chi connectivity index (χ0) is 33.9. The van der Waals surface area contributed by atoms with Gasteiger partial charge in [-0.1, -0.05) is 38.3 Å². The Morgan fingerprint density at radius 2 is 1.72 bits per heavy atom. The normalized spacial score (nSPS) is 22.6. The van der Waals surface area contributed by atoms with Crippen molar-refractivity contribution in [1.29, 1.82) is 0 Å². The van der Waals surface area contributed by atoms with E-state index in [1.165, 1.54) is 0 Å². The Kier molecular flexibility index (Phi) is 13.6. The molecule has 10 heteroatoms. The Morgan fingerprint density at radius 3 is 2.40 bits per heavy atom. The Bertz CT molecular complexity index is 1330. The van der Waals surface area contributed by atoms with Crippen molar-refractivity contribution in [2.45, 2.75) is 96.9 Å². The maximum atomic E-state index is 14.4. The minimum Gasteiger partial charge on any atom is -0.490 e. The van der Waals surface area contributed by atoms with Gasteiger partial charge in [0.15, 0.2) is 0 Å². The molecule has 1 aliphatic carbocycles. The first-order valence-corrected chi connectivity index (χ1v) is 17.2. The molecule has 1 heterocycles. The Hall–Kier alpha value is -3.47. The molecular formula is C37H53N3O7. The van der Waals surface area contributed by atoms with Crippen molar-refractivity contribution < 1.29 is 34.1 Å². The number of carboxylic acids is 1. The predicted octanol–water partition coefficient (Wildman–Crippen LogP) is 5.83. The van der Waals surface area contributed by atoms with Gasteiger partial charge in [-0.2, -0.15) is 0 Å². The highest BCUT2D eigenvalue weighted by Gasteiger charge is 2.31. The first kappa shape index (κ1) is 36.4. The zero-order valence-electron chi connectivity index (χ0n) is 28.5. The highest BCUT2D eigenvalue weighted by molar-refractivity contribution is 6.00. The first-order valence-electron chi connectivity index (χ1n) is 17.2. The summed E-state index contributed by atoms with van der Waals surface area (Å²) in [5.74, 6) is -0.854. The summed E-state index contributed by atoms with van der Waals surface area (Å²) in [7, 11) is 2.00. The number of nitrogens with one attached hydrogen (secondary N) is 1. The molecule has 0 aromatic heterocycles. The number of carbonyl (C=O) groups excluding carboxylic acids is 2. The summed E-state index contributed by atoms with van der Waals surface area (Å²) in [5.41, 5.74) is 2.17. The highest BCUT2D eigenvalue weighted by atomic mass is 16.5. The van der Waals surface area contributed by atoms with Crippen LogP contribution in [0, 0.1) is 11.8 Å². The molecule has 4 rings (SSSR count). The van der Waals surface area contributed by atoms with Crippen LogP contribution in [0.5, 0.6) is 5.75 Å². The average Bonchev–Trinajstić information content (AvgIpc) is 3.06. The number of ether oxygens (including phenoxy) is 2. The fourth-order valence-electron chi connectivity index (χ4n) is 6.51. The van der Waals surface area contributed by atoms with Crippen molar-refractivity contribution in [2.24, 2.45) is 11.8 Å². The van der Waals surface area contributed by atoms with E-state index in [1.54, 1.807) is 35.2 Å². The first-order chi connectivity index (χ1) is 22.5. The quantitative estimate of drug-likeness (QED) is 0.309. The van der Waals surface area contributed by atoms with Crippen molar-refractivity contribution in [2.75, 3.05) is 38.7 Å². The highest BCUT2D eigenvalue weighted by Crippen LogP contribution is 2.30. The molecule has 0 unspecified atom stereocenters. The lowest BCUT2D eigenvalue weighted by atomic mass is 9.88. The van der Waals surface area contributed by atoms with E-state index in [9.17, 15) is 24.6 Å². The lowest BCUT2D eigenvalue weighted by Crippen LogP contribution is -2.47. The van der Waals surface area contributed by atoms with E-state index < -0.39 is 12.0 Å². The van der Waals surface area contributed by atoms with Crippen LogP contribution in [0.4, 0.5) is 5.69 Å². The molecule has 3 N–H and O–H groups in total. The second-order valence-corrected chi connectivity index (χ2v) is 13.5. The number of aliphatic hydroxyl groups is 1. The van der Waals surface area contributed by atoms with Crippen LogP contribution in [-0.4, -0.2) is 89.4 Å². The number of benzene rings is 2. The van der Waals surface area contributed by atoms with Crippen LogP contribution in [0.15, 0.2) is 42.5 Å². The number of fused-ring (bicyclic) bond motifs is 1. The average molecular weight is 652 g/mol. The van der Waals surface area contributed by atoms with Gasteiger partial charge in [0.1, 0.15) is 5.75 Å². The number of nitrogens with zero attached hydrogens (tertiary/aromatic N) is 2. The fraction of sp³-hybridized carbons (Fsp3) is 0.595. The molecule has 2 aromatic carbocycles. The van der Waals surface area contributed by atoms with Gasteiger partial charge in [0.25, 0.3) is 5.91 Å². The summed E-state index contributed by atoms with van der Waals surface area (Å²) in [5, 5.41) is 22.5. The number of aliphatic hydroxyl groups excluding tert-OH is 1. The van der Waals surface area contributed by atoms with Gasteiger partial charge in [0.2, 0.25) is 5.91 Å². The van der Waals surface area contributed by atoms with Crippen LogP contribution >= 0.6 is 0 Å². The number of anilines is 1. The Morgan fingerprint density at radius 1 is 1.02 bits per heavy atom. The molecule has 1 aliphatic heterocycles. The van der Waals surface area contributed by atoms with Crippen LogP contribution in [0.2, 0.25) is 0 Å². The molecule has 258 valence electrons. The van der Waals surface area contributed by atoms with Gasteiger partial charge < -0.3 is 29.9 Å². The molecule has 0 spiro atoms. The molecular weight excluding hydrogens is 598 g/mol. The van der Waals surface area contributed by atoms with E-state index in [0.29, 0.717) is 43.2 Å². The van der Waals surface area contributed by atoms with Crippen LogP contribution in [-0.2, 0) is 16.1 Å². The molecule has 2 aliphatic rings. The number of aromatic carboxylic acids is 1. The van der Waals surface area contributed by atoms with Crippen LogP contribution < -0.4 is 10.1 Å². The predicted molar refractivity (Wildman–Crippen MR) is 182 cm³/mol. The van der Waals surface area contributed by atoms with Gasteiger partial charge in [-0.25, -0.2) is 4.79 Å². The third kappa shape index (κ3) is 10.5. The van der Waals surface area contributed by atoms with E-state index in [2.05, 4.69) is 17.1 Å². The number of rotatable bonds is 9. The van der Waals surface area contributed by atoms with E-state index in [0.717, 1.165) is 56.9 Å².